The second-order valence-electron chi connectivity index (χ2n) is 5.26. The number of thioether (sulfide) groups is 1. The number of anilines is 1. The summed E-state index contributed by atoms with van der Waals surface area (Å²) >= 11 is 0.367. The lowest BCUT2D eigenvalue weighted by molar-refractivity contribution is -0.117. The zero-order valence-electron chi connectivity index (χ0n) is 14.0. The lowest BCUT2D eigenvalue weighted by Gasteiger charge is -2.09. The van der Waals surface area contributed by atoms with Crippen molar-refractivity contribution in [3.05, 3.63) is 60.4 Å². The fourth-order valence-electron chi connectivity index (χ4n) is 2.15. The first-order valence-electron chi connectivity index (χ1n) is 7.88. The third-order valence-corrected chi connectivity index (χ3v) is 4.06. The molecule has 0 saturated heterocycles. The number of benzene rings is 2. The summed E-state index contributed by atoms with van der Waals surface area (Å²) in [4.78, 5) is 13.5. The van der Waals surface area contributed by atoms with Gasteiger partial charge in [0.25, 0.3) is 5.76 Å². The molecule has 140 valence electrons. The Kier molecular flexibility index (Phi) is 6.31. The molecule has 0 aliphatic rings. The minimum absolute atomic E-state index is 0.111. The van der Waals surface area contributed by atoms with Crippen LogP contribution in [0.15, 0.2) is 59.5 Å². The Balaban J connectivity index is 1.55. The highest BCUT2D eigenvalue weighted by molar-refractivity contribution is 7.99. The van der Waals surface area contributed by atoms with Crippen molar-refractivity contribution >= 4 is 23.4 Å². The largest absolute Gasteiger partial charge is 0.485 e. The van der Waals surface area contributed by atoms with E-state index in [9.17, 15) is 13.6 Å². The summed E-state index contributed by atoms with van der Waals surface area (Å²) in [6, 6.07) is 15.5. The van der Waals surface area contributed by atoms with Gasteiger partial charge in [-0.15, -0.1) is 10.2 Å². The predicted molar refractivity (Wildman–Crippen MR) is 95.5 cm³/mol. The molecule has 0 fully saturated rings. The van der Waals surface area contributed by atoms with Gasteiger partial charge in [-0.1, -0.05) is 42.1 Å². The molecule has 1 amide bonds. The summed E-state index contributed by atoms with van der Waals surface area (Å²) in [5.41, 5.74) is 0.306. The fourth-order valence-corrected chi connectivity index (χ4v) is 2.75. The van der Waals surface area contributed by atoms with Gasteiger partial charge in [-0.3, -0.25) is 4.79 Å². The minimum Gasteiger partial charge on any atom is -0.485 e. The van der Waals surface area contributed by atoms with E-state index in [1.807, 2.05) is 18.2 Å². The molecule has 0 atom stereocenters. The van der Waals surface area contributed by atoms with Crippen molar-refractivity contribution in [1.82, 2.24) is 20.2 Å². The van der Waals surface area contributed by atoms with Crippen LogP contribution in [0.5, 0.6) is 5.75 Å². The van der Waals surface area contributed by atoms with Crippen LogP contribution in [-0.4, -0.2) is 31.9 Å². The molecule has 1 N–H and O–H groups in total. The molecule has 3 aromatic rings. The van der Waals surface area contributed by atoms with E-state index in [2.05, 4.69) is 20.7 Å². The smallest absolute Gasteiger partial charge is 0.288 e. The molecule has 0 unspecified atom stereocenters. The number of ether oxygens (including phenoxy) is 1. The molecule has 1 heterocycles. The van der Waals surface area contributed by atoms with Crippen LogP contribution < -0.4 is 10.1 Å². The van der Waals surface area contributed by atoms with Gasteiger partial charge >= 0.3 is 0 Å². The molecule has 0 aliphatic carbocycles. The van der Waals surface area contributed by atoms with Crippen LogP contribution in [0.25, 0.3) is 0 Å². The van der Waals surface area contributed by atoms with E-state index in [0.717, 1.165) is 4.80 Å². The highest BCUT2D eigenvalue weighted by Crippen LogP contribution is 2.31. The molecule has 10 heteroatoms. The Bertz CT molecular complexity index is 892. The van der Waals surface area contributed by atoms with Crippen LogP contribution in [0.2, 0.25) is 0 Å². The molecule has 0 saturated carbocycles. The van der Waals surface area contributed by atoms with Gasteiger partial charge in [-0.05, 0) is 29.5 Å². The van der Waals surface area contributed by atoms with Crippen molar-refractivity contribution in [2.45, 2.75) is 23.8 Å². The zero-order chi connectivity index (χ0) is 19.1. The molecule has 0 bridgehead atoms. The van der Waals surface area contributed by atoms with Crippen molar-refractivity contribution in [2.24, 2.45) is 0 Å². The Labute approximate surface area is 157 Å². The van der Waals surface area contributed by atoms with Crippen molar-refractivity contribution in [3.63, 3.8) is 0 Å². The minimum atomic E-state index is -2.58. The molecule has 2 aromatic carbocycles. The number of hydrogen-bond donors (Lipinski definition) is 1. The van der Waals surface area contributed by atoms with E-state index in [0.29, 0.717) is 29.0 Å². The first-order valence-corrected chi connectivity index (χ1v) is 8.76. The van der Waals surface area contributed by atoms with Crippen LogP contribution >= 0.6 is 11.8 Å². The third-order valence-electron chi connectivity index (χ3n) is 3.27. The number of nitrogens with one attached hydrogen (secondary N) is 1. The average molecular weight is 391 g/mol. The molecule has 0 aliphatic heterocycles. The highest BCUT2D eigenvalue weighted by atomic mass is 32.2. The number of aromatic nitrogens is 4. The van der Waals surface area contributed by atoms with Crippen LogP contribution in [0.3, 0.4) is 0 Å². The molecular weight excluding hydrogens is 376 g/mol. The number of halogens is 2. The number of tetrazole rings is 1. The number of para-hydroxylation sites is 2. The SMILES string of the molecule is O=C(Cn1nnc(COc2ccccc2)n1)Nc1ccccc1SC(F)F. The number of alkyl halides is 2. The number of carbonyl (C=O) groups excluding carboxylic acids is 1. The normalized spacial score (nSPS) is 10.8. The predicted octanol–water partition coefficient (Wildman–Crippen LogP) is 3.21. The van der Waals surface area contributed by atoms with Gasteiger partial charge in [0.15, 0.2) is 6.61 Å². The van der Waals surface area contributed by atoms with E-state index in [4.69, 9.17) is 4.74 Å². The number of rotatable bonds is 8. The summed E-state index contributed by atoms with van der Waals surface area (Å²) in [5, 5.41) is 14.3. The van der Waals surface area contributed by atoms with Crippen LogP contribution in [0.4, 0.5) is 14.5 Å². The maximum Gasteiger partial charge on any atom is 0.288 e. The number of nitrogens with zero attached hydrogens (tertiary/aromatic N) is 4. The Hall–Kier alpha value is -3.01. The van der Waals surface area contributed by atoms with Crippen LogP contribution in [0.1, 0.15) is 5.82 Å². The lowest BCUT2D eigenvalue weighted by Crippen LogP contribution is -2.21. The monoisotopic (exact) mass is 391 g/mol. The summed E-state index contributed by atoms with van der Waals surface area (Å²) in [7, 11) is 0. The first-order chi connectivity index (χ1) is 13.1. The Morgan fingerprint density at radius 2 is 1.89 bits per heavy atom. The Morgan fingerprint density at radius 3 is 2.67 bits per heavy atom. The molecule has 1 aromatic heterocycles. The Morgan fingerprint density at radius 1 is 1.15 bits per heavy atom. The van der Waals surface area contributed by atoms with E-state index in [1.54, 1.807) is 30.3 Å². The van der Waals surface area contributed by atoms with Gasteiger partial charge in [-0.25, -0.2) is 0 Å². The number of hydrogen-bond acceptors (Lipinski definition) is 6. The summed E-state index contributed by atoms with van der Waals surface area (Å²) in [6.45, 7) is -0.0918. The number of carbonyl (C=O) groups is 1. The molecule has 7 nitrogen and oxygen atoms in total. The van der Waals surface area contributed by atoms with Gasteiger partial charge in [0.05, 0.1) is 5.69 Å². The quantitative estimate of drug-likeness (QED) is 0.594. The topological polar surface area (TPSA) is 81.9 Å². The van der Waals surface area contributed by atoms with Gasteiger partial charge in [0, 0.05) is 4.90 Å². The van der Waals surface area contributed by atoms with Crippen molar-refractivity contribution in [3.8, 4) is 5.75 Å². The molecule has 0 spiro atoms. The molecule has 0 radical (unpaired) electrons. The van der Waals surface area contributed by atoms with E-state index in [1.165, 1.54) is 6.07 Å². The van der Waals surface area contributed by atoms with Gasteiger partial charge < -0.3 is 10.1 Å². The summed E-state index contributed by atoms with van der Waals surface area (Å²) in [6.07, 6.45) is 0. The summed E-state index contributed by atoms with van der Waals surface area (Å²) < 4.78 is 30.7. The first kappa shape index (κ1) is 18.8. The third kappa shape index (κ3) is 5.74. The molecule has 3 rings (SSSR count). The van der Waals surface area contributed by atoms with Crippen LogP contribution in [0, 0.1) is 0 Å². The second kappa shape index (κ2) is 9.08. The average Bonchev–Trinajstić information content (AvgIpc) is 3.09. The standard InChI is InChI=1S/C17H15F2N5O2S/c18-17(19)27-14-9-5-4-8-13(14)20-16(25)10-24-22-15(21-23-24)11-26-12-6-2-1-3-7-12/h1-9,17H,10-11H2,(H,20,25). The van der Waals surface area contributed by atoms with Crippen LogP contribution in [-0.2, 0) is 17.9 Å². The molecule has 27 heavy (non-hydrogen) atoms. The van der Waals surface area contributed by atoms with Gasteiger partial charge in [0.1, 0.15) is 12.3 Å². The maximum absolute atomic E-state index is 12.6. The van der Waals surface area contributed by atoms with Crippen molar-refractivity contribution in [1.29, 1.82) is 0 Å². The molecular formula is C17H15F2N5O2S. The number of amides is 1. The lowest BCUT2D eigenvalue weighted by atomic mass is 10.3. The van der Waals surface area contributed by atoms with Crippen molar-refractivity contribution < 1.29 is 18.3 Å². The fraction of sp³-hybridized carbons (Fsp3) is 0.176. The van der Waals surface area contributed by atoms with Gasteiger partial charge in [0.2, 0.25) is 11.7 Å². The zero-order valence-corrected chi connectivity index (χ0v) is 14.8. The maximum atomic E-state index is 12.6. The van der Waals surface area contributed by atoms with E-state index in [-0.39, 0.29) is 18.0 Å². The highest BCUT2D eigenvalue weighted by Gasteiger charge is 2.13. The van der Waals surface area contributed by atoms with Gasteiger partial charge in [-0.2, -0.15) is 13.6 Å². The van der Waals surface area contributed by atoms with E-state index >= 15 is 0 Å². The summed E-state index contributed by atoms with van der Waals surface area (Å²) in [5.74, 6) is -2.04. The van der Waals surface area contributed by atoms with E-state index < -0.39 is 11.7 Å². The second-order valence-corrected chi connectivity index (χ2v) is 6.29. The van der Waals surface area contributed by atoms with Crippen molar-refractivity contribution in [2.75, 3.05) is 5.32 Å².